The summed E-state index contributed by atoms with van der Waals surface area (Å²) in [4.78, 5) is 0. The summed E-state index contributed by atoms with van der Waals surface area (Å²) >= 11 is 0.959. The summed E-state index contributed by atoms with van der Waals surface area (Å²) in [6.07, 6.45) is 2.88. The molecule has 0 bridgehead atoms. The van der Waals surface area contributed by atoms with Gasteiger partial charge < -0.3 is 0 Å². The van der Waals surface area contributed by atoms with Gasteiger partial charge in [-0.3, -0.25) is 0 Å². The molecule has 0 radical (unpaired) electrons. The van der Waals surface area contributed by atoms with Crippen LogP contribution < -0.4 is 5.32 Å². The molecule has 1 rings (SSSR count). The minimum atomic E-state index is 0.762. The first-order valence-electron chi connectivity index (χ1n) is 3.27. The van der Waals surface area contributed by atoms with Crippen molar-refractivity contribution in [1.82, 2.24) is 5.32 Å². The van der Waals surface area contributed by atoms with Crippen molar-refractivity contribution in [2.75, 3.05) is 13.1 Å². The third-order valence-corrected chi connectivity index (χ3v) is 4.03. The van der Waals surface area contributed by atoms with Crippen LogP contribution in [-0.2, 0) is 26.1 Å². The fourth-order valence-corrected chi connectivity index (χ4v) is 2.78. The summed E-state index contributed by atoms with van der Waals surface area (Å²) in [6.45, 7) is 4.95. The first kappa shape index (κ1) is 7.01. The Hall–Kier alpha value is 0.895. The van der Waals surface area contributed by atoms with Gasteiger partial charge in [0.1, 0.15) is 0 Å². The number of rotatable bonds is 0. The Morgan fingerprint density at radius 3 is 2.62 bits per heavy atom. The number of hydrogen-bond acceptors (Lipinski definition) is 1. The maximum atomic E-state index is 3.42. The average Bonchev–Trinajstić information content (AvgIpc) is 1.65. The third-order valence-electron chi connectivity index (χ3n) is 1.69. The maximum absolute atomic E-state index is 3.42. The van der Waals surface area contributed by atoms with Crippen LogP contribution in [0.15, 0.2) is 0 Å². The van der Waals surface area contributed by atoms with Gasteiger partial charge in [0.25, 0.3) is 0 Å². The Balaban J connectivity index is 2.33. The molecule has 1 N–H and O–H groups in total. The van der Waals surface area contributed by atoms with Crippen LogP contribution in [0, 0.1) is 0 Å². The fraction of sp³-hybridized carbons (Fsp3) is 1.00. The molecule has 0 amide bonds. The molecule has 1 saturated heterocycles. The van der Waals surface area contributed by atoms with E-state index in [4.69, 9.17) is 0 Å². The molecule has 1 atom stereocenters. The molecule has 1 nitrogen and oxygen atoms in total. The van der Waals surface area contributed by atoms with Crippen LogP contribution >= 0.6 is 0 Å². The Morgan fingerprint density at radius 2 is 2.38 bits per heavy atom. The second-order valence-corrected chi connectivity index (χ2v) is 9.73. The topological polar surface area (TPSA) is 12.0 Å². The normalized spacial score (nSPS) is 39.9. The molecular weight excluding hydrogens is 287 g/mol. The van der Waals surface area contributed by atoms with E-state index in [-0.39, 0.29) is 0 Å². The third kappa shape index (κ3) is 2.02. The van der Waals surface area contributed by atoms with Gasteiger partial charge in [-0.05, 0) is 0 Å². The molecule has 8 heavy (non-hydrogen) atoms. The predicted molar refractivity (Wildman–Crippen MR) is 30.5 cm³/mol. The summed E-state index contributed by atoms with van der Waals surface area (Å²) in [5.41, 5.74) is 0. The molecule has 1 fully saturated rings. The zero-order valence-electron chi connectivity index (χ0n) is 5.54. The van der Waals surface area contributed by atoms with E-state index < -0.39 is 0 Å². The molecule has 0 aromatic heterocycles. The molecule has 1 aliphatic rings. The number of hydrogen-bond donors (Lipinski definition) is 1. The molecule has 2 heteroatoms. The summed E-state index contributed by atoms with van der Waals surface area (Å²) in [7, 11) is 0. The van der Waals surface area contributed by atoms with Crippen LogP contribution in [0.1, 0.15) is 19.8 Å². The van der Waals surface area contributed by atoms with Gasteiger partial charge in [0, 0.05) is 0 Å². The standard InChI is InChI=1S/C6H12N.Hg/c1-6-3-2-4-7-5-6;/h7H,2-5H2,1H3;. The summed E-state index contributed by atoms with van der Waals surface area (Å²) < 4.78 is 0.762. The SMILES string of the molecule is C[C]1([Hg])CCCNC1. The molecule has 0 spiro atoms. The Kier molecular flexibility index (Phi) is 2.32. The van der Waals surface area contributed by atoms with Crippen LogP contribution in [-0.4, -0.2) is 13.1 Å². The van der Waals surface area contributed by atoms with Gasteiger partial charge >= 0.3 is 67.2 Å². The molecule has 1 aliphatic heterocycles. The van der Waals surface area contributed by atoms with Gasteiger partial charge in [-0.1, -0.05) is 0 Å². The van der Waals surface area contributed by atoms with Crippen molar-refractivity contribution < 1.29 is 26.1 Å². The molecular formula is C6H12HgN. The van der Waals surface area contributed by atoms with E-state index in [0.29, 0.717) is 0 Å². The zero-order chi connectivity index (χ0) is 6.04. The van der Waals surface area contributed by atoms with Crippen LogP contribution in [0.2, 0.25) is 2.92 Å². The van der Waals surface area contributed by atoms with Crippen LogP contribution in [0.5, 0.6) is 0 Å². The summed E-state index contributed by atoms with van der Waals surface area (Å²) in [6, 6.07) is 0. The van der Waals surface area contributed by atoms with E-state index in [1.165, 1.54) is 25.9 Å². The van der Waals surface area contributed by atoms with Gasteiger partial charge in [-0.15, -0.1) is 0 Å². The van der Waals surface area contributed by atoms with Gasteiger partial charge in [-0.25, -0.2) is 0 Å². The molecule has 43 valence electrons. The number of piperidine rings is 1. The van der Waals surface area contributed by atoms with Crippen molar-refractivity contribution in [2.24, 2.45) is 0 Å². The van der Waals surface area contributed by atoms with Crippen molar-refractivity contribution >= 4 is 0 Å². The van der Waals surface area contributed by atoms with Gasteiger partial charge in [0.2, 0.25) is 0 Å². The van der Waals surface area contributed by atoms with Crippen molar-refractivity contribution in [2.45, 2.75) is 22.7 Å². The molecule has 0 aliphatic carbocycles. The predicted octanol–water partition coefficient (Wildman–Crippen LogP) is 1.10. The van der Waals surface area contributed by atoms with E-state index in [9.17, 15) is 0 Å². The van der Waals surface area contributed by atoms with Crippen molar-refractivity contribution in [1.29, 1.82) is 0 Å². The summed E-state index contributed by atoms with van der Waals surface area (Å²) in [5, 5.41) is 3.42. The van der Waals surface area contributed by atoms with E-state index in [0.717, 1.165) is 29.0 Å². The minimum absolute atomic E-state index is 0.762. The summed E-state index contributed by atoms with van der Waals surface area (Å²) in [5.74, 6) is 0. The Morgan fingerprint density at radius 1 is 1.62 bits per heavy atom. The van der Waals surface area contributed by atoms with E-state index in [2.05, 4.69) is 12.2 Å². The van der Waals surface area contributed by atoms with Gasteiger partial charge in [0.15, 0.2) is 0 Å². The van der Waals surface area contributed by atoms with E-state index in [1.54, 1.807) is 0 Å². The van der Waals surface area contributed by atoms with Crippen LogP contribution in [0.25, 0.3) is 0 Å². The second kappa shape index (κ2) is 2.65. The first-order valence-corrected chi connectivity index (χ1v) is 6.02. The number of nitrogens with one attached hydrogen (secondary N) is 1. The van der Waals surface area contributed by atoms with Crippen molar-refractivity contribution in [3.8, 4) is 0 Å². The van der Waals surface area contributed by atoms with E-state index in [1.807, 2.05) is 0 Å². The Labute approximate surface area is 67.2 Å². The molecule has 1 unspecified atom stereocenters. The second-order valence-electron chi connectivity index (χ2n) is 3.09. The molecule has 1 heterocycles. The quantitative estimate of drug-likeness (QED) is 0.660. The van der Waals surface area contributed by atoms with Gasteiger partial charge in [0.05, 0.1) is 0 Å². The molecule has 0 aromatic carbocycles. The fourth-order valence-electron chi connectivity index (χ4n) is 1.12. The Bertz CT molecular complexity index is 72.6. The molecule has 0 saturated carbocycles. The zero-order valence-corrected chi connectivity index (χ0v) is 11.0. The van der Waals surface area contributed by atoms with Gasteiger partial charge in [-0.2, -0.15) is 0 Å². The average molecular weight is 299 g/mol. The molecule has 0 aromatic rings. The monoisotopic (exact) mass is 300 g/mol. The van der Waals surface area contributed by atoms with Crippen molar-refractivity contribution in [3.63, 3.8) is 0 Å². The van der Waals surface area contributed by atoms with Crippen molar-refractivity contribution in [3.05, 3.63) is 0 Å². The van der Waals surface area contributed by atoms with Crippen LogP contribution in [0.3, 0.4) is 0 Å². The first-order chi connectivity index (χ1) is 3.71. The van der Waals surface area contributed by atoms with E-state index >= 15 is 0 Å². The van der Waals surface area contributed by atoms with Crippen LogP contribution in [0.4, 0.5) is 0 Å².